The Morgan fingerprint density at radius 1 is 1.37 bits per heavy atom. The highest BCUT2D eigenvalue weighted by molar-refractivity contribution is 6.28. The first-order chi connectivity index (χ1) is 9.20. The Kier molecular flexibility index (Phi) is 4.68. The lowest BCUT2D eigenvalue weighted by atomic mass is 10.0. The molecule has 0 bridgehead atoms. The first-order valence-electron chi connectivity index (χ1n) is 6.36. The van der Waals surface area contributed by atoms with E-state index in [1.165, 1.54) is 0 Å². The van der Waals surface area contributed by atoms with Crippen LogP contribution in [0, 0.1) is 6.92 Å². The topological polar surface area (TPSA) is 50.7 Å². The first kappa shape index (κ1) is 13.7. The molecule has 0 saturated carbocycles. The van der Waals surface area contributed by atoms with Gasteiger partial charge in [0.05, 0.1) is 6.04 Å². The van der Waals surface area contributed by atoms with Crippen molar-refractivity contribution in [2.45, 2.75) is 32.7 Å². The van der Waals surface area contributed by atoms with Gasteiger partial charge in [0, 0.05) is 24.2 Å². The molecule has 1 atom stereocenters. The zero-order chi connectivity index (χ0) is 13.7. The third kappa shape index (κ3) is 3.64. The van der Waals surface area contributed by atoms with Crippen molar-refractivity contribution in [3.8, 4) is 0 Å². The van der Waals surface area contributed by atoms with E-state index in [0.717, 1.165) is 29.8 Å². The highest BCUT2D eigenvalue weighted by Gasteiger charge is 2.13. The van der Waals surface area contributed by atoms with Gasteiger partial charge < -0.3 is 5.32 Å². The van der Waals surface area contributed by atoms with Crippen LogP contribution in [0.2, 0.25) is 5.28 Å². The molecule has 0 amide bonds. The number of aromatic nitrogens is 3. The van der Waals surface area contributed by atoms with Gasteiger partial charge in [-0.25, -0.2) is 9.97 Å². The second-order valence-electron chi connectivity index (χ2n) is 4.44. The fraction of sp³-hybridized carbons (Fsp3) is 0.357. The van der Waals surface area contributed by atoms with Crippen LogP contribution in [0.15, 0.2) is 30.7 Å². The largest absolute Gasteiger partial charge is 0.363 e. The van der Waals surface area contributed by atoms with Crippen molar-refractivity contribution in [3.05, 3.63) is 47.1 Å². The lowest BCUT2D eigenvalue weighted by Gasteiger charge is -2.19. The summed E-state index contributed by atoms with van der Waals surface area (Å²) >= 11 is 5.85. The molecule has 0 spiro atoms. The molecule has 0 saturated heterocycles. The molecule has 0 aromatic carbocycles. The SMILES string of the molecule is CCCC(Nc1nc(Cl)ncc1C)c1cccnc1. The molecule has 100 valence electrons. The van der Waals surface area contributed by atoms with Crippen LogP contribution in [0.25, 0.3) is 0 Å². The van der Waals surface area contributed by atoms with E-state index in [2.05, 4.69) is 33.3 Å². The second kappa shape index (κ2) is 6.48. The maximum atomic E-state index is 5.85. The summed E-state index contributed by atoms with van der Waals surface area (Å²) in [5, 5.41) is 3.69. The van der Waals surface area contributed by atoms with Gasteiger partial charge in [-0.1, -0.05) is 19.4 Å². The third-order valence-electron chi connectivity index (χ3n) is 2.92. The van der Waals surface area contributed by atoms with Crippen LogP contribution >= 0.6 is 11.6 Å². The standard InChI is InChI=1S/C14H17ClN4/c1-3-5-12(11-6-4-7-16-9-11)18-13-10(2)8-17-14(15)19-13/h4,6-9,12H,3,5H2,1-2H3,(H,17,18,19). The summed E-state index contributed by atoms with van der Waals surface area (Å²) < 4.78 is 0. The highest BCUT2D eigenvalue weighted by Crippen LogP contribution is 2.24. The summed E-state index contributed by atoms with van der Waals surface area (Å²) in [6.07, 6.45) is 7.46. The molecule has 0 fully saturated rings. The fourth-order valence-corrected chi connectivity index (χ4v) is 2.06. The predicted octanol–water partition coefficient (Wildman–Crippen LogP) is 3.79. The van der Waals surface area contributed by atoms with Crippen molar-refractivity contribution in [2.24, 2.45) is 0 Å². The van der Waals surface area contributed by atoms with E-state index >= 15 is 0 Å². The van der Waals surface area contributed by atoms with Crippen molar-refractivity contribution in [1.82, 2.24) is 15.0 Å². The summed E-state index contributed by atoms with van der Waals surface area (Å²) in [5.74, 6) is 0.780. The molecule has 0 aliphatic heterocycles. The summed E-state index contributed by atoms with van der Waals surface area (Å²) in [7, 11) is 0. The van der Waals surface area contributed by atoms with Crippen molar-refractivity contribution >= 4 is 17.4 Å². The van der Waals surface area contributed by atoms with Crippen LogP contribution in [-0.2, 0) is 0 Å². The maximum Gasteiger partial charge on any atom is 0.224 e. The Morgan fingerprint density at radius 2 is 2.21 bits per heavy atom. The van der Waals surface area contributed by atoms with Crippen molar-refractivity contribution in [3.63, 3.8) is 0 Å². The Morgan fingerprint density at radius 3 is 2.89 bits per heavy atom. The van der Waals surface area contributed by atoms with Gasteiger partial charge >= 0.3 is 0 Å². The molecule has 0 radical (unpaired) electrons. The molecular weight excluding hydrogens is 260 g/mol. The first-order valence-corrected chi connectivity index (χ1v) is 6.74. The van der Waals surface area contributed by atoms with E-state index < -0.39 is 0 Å². The molecule has 2 heterocycles. The van der Waals surface area contributed by atoms with Gasteiger partial charge in [0.2, 0.25) is 5.28 Å². The Labute approximate surface area is 118 Å². The molecule has 19 heavy (non-hydrogen) atoms. The Hall–Kier alpha value is -1.68. The number of anilines is 1. The molecule has 1 unspecified atom stereocenters. The number of rotatable bonds is 5. The van der Waals surface area contributed by atoms with E-state index in [9.17, 15) is 0 Å². The number of halogens is 1. The van der Waals surface area contributed by atoms with Gasteiger partial charge in [-0.3, -0.25) is 4.98 Å². The van der Waals surface area contributed by atoms with Gasteiger partial charge in [0.1, 0.15) is 5.82 Å². The molecule has 0 aliphatic rings. The van der Waals surface area contributed by atoms with Crippen LogP contribution < -0.4 is 5.32 Å². The van der Waals surface area contributed by atoms with E-state index in [4.69, 9.17) is 11.6 Å². The zero-order valence-corrected chi connectivity index (χ0v) is 11.9. The minimum atomic E-state index is 0.184. The minimum Gasteiger partial charge on any atom is -0.363 e. The summed E-state index contributed by atoms with van der Waals surface area (Å²) in [6, 6.07) is 4.20. The zero-order valence-electron chi connectivity index (χ0n) is 11.1. The van der Waals surface area contributed by atoms with Crippen molar-refractivity contribution in [1.29, 1.82) is 0 Å². The smallest absolute Gasteiger partial charge is 0.224 e. The van der Waals surface area contributed by atoms with Crippen LogP contribution in [0.4, 0.5) is 5.82 Å². The van der Waals surface area contributed by atoms with Crippen LogP contribution in [-0.4, -0.2) is 15.0 Å². The molecule has 0 aliphatic carbocycles. The fourth-order valence-electron chi connectivity index (χ4n) is 1.92. The number of nitrogens with zero attached hydrogens (tertiary/aromatic N) is 3. The van der Waals surface area contributed by atoms with E-state index in [1.54, 1.807) is 12.4 Å². The maximum absolute atomic E-state index is 5.85. The van der Waals surface area contributed by atoms with Gasteiger partial charge in [-0.15, -0.1) is 0 Å². The number of hydrogen-bond donors (Lipinski definition) is 1. The third-order valence-corrected chi connectivity index (χ3v) is 3.10. The van der Waals surface area contributed by atoms with Gasteiger partial charge in [0.25, 0.3) is 0 Å². The lowest BCUT2D eigenvalue weighted by Crippen LogP contribution is -2.13. The lowest BCUT2D eigenvalue weighted by molar-refractivity contribution is 0.671. The van der Waals surface area contributed by atoms with Gasteiger partial charge in [0.15, 0.2) is 0 Å². The van der Waals surface area contributed by atoms with Crippen molar-refractivity contribution in [2.75, 3.05) is 5.32 Å². The quantitative estimate of drug-likeness (QED) is 0.844. The second-order valence-corrected chi connectivity index (χ2v) is 4.78. The number of hydrogen-bond acceptors (Lipinski definition) is 4. The van der Waals surface area contributed by atoms with Gasteiger partial charge in [-0.05, 0) is 36.6 Å². The minimum absolute atomic E-state index is 0.184. The summed E-state index contributed by atoms with van der Waals surface area (Å²) in [6.45, 7) is 4.12. The number of aryl methyl sites for hydroxylation is 1. The molecule has 2 aromatic rings. The highest BCUT2D eigenvalue weighted by atomic mass is 35.5. The van der Waals surface area contributed by atoms with Crippen molar-refractivity contribution < 1.29 is 0 Å². The molecule has 2 aromatic heterocycles. The number of pyridine rings is 1. The Bertz CT molecular complexity index is 530. The normalized spacial score (nSPS) is 12.2. The Balaban J connectivity index is 2.24. The van der Waals surface area contributed by atoms with Crippen LogP contribution in [0.3, 0.4) is 0 Å². The van der Waals surface area contributed by atoms with E-state index in [0.29, 0.717) is 0 Å². The average molecular weight is 277 g/mol. The molecular formula is C14H17ClN4. The summed E-state index contributed by atoms with van der Waals surface area (Å²) in [4.78, 5) is 12.4. The monoisotopic (exact) mass is 276 g/mol. The summed E-state index contributed by atoms with van der Waals surface area (Å²) in [5.41, 5.74) is 2.13. The molecule has 4 nitrogen and oxygen atoms in total. The van der Waals surface area contributed by atoms with E-state index in [-0.39, 0.29) is 11.3 Å². The average Bonchev–Trinajstić information content (AvgIpc) is 2.43. The molecule has 2 rings (SSSR count). The van der Waals surface area contributed by atoms with Crippen LogP contribution in [0.5, 0.6) is 0 Å². The predicted molar refractivity (Wildman–Crippen MR) is 77.3 cm³/mol. The van der Waals surface area contributed by atoms with Gasteiger partial charge in [-0.2, -0.15) is 0 Å². The molecule has 1 N–H and O–H groups in total. The molecule has 5 heteroatoms. The number of nitrogens with one attached hydrogen (secondary N) is 1. The van der Waals surface area contributed by atoms with E-state index in [1.807, 2.05) is 19.2 Å². The van der Waals surface area contributed by atoms with Crippen LogP contribution in [0.1, 0.15) is 36.9 Å².